The molecule has 0 saturated carbocycles. The molecule has 110 valence electrons. The Hall–Kier alpha value is -0.650. The lowest BCUT2D eigenvalue weighted by atomic mass is 9.99. The predicted molar refractivity (Wildman–Crippen MR) is 75.1 cm³/mol. The molecule has 0 bridgehead atoms. The van der Waals surface area contributed by atoms with Crippen LogP contribution >= 0.6 is 0 Å². The zero-order valence-electron chi connectivity index (χ0n) is 12.7. The fourth-order valence-corrected chi connectivity index (χ4v) is 3.12. The summed E-state index contributed by atoms with van der Waals surface area (Å²) in [7, 11) is 0. The van der Waals surface area contributed by atoms with E-state index in [9.17, 15) is 4.79 Å². The number of hydrogen-bond acceptors (Lipinski definition) is 4. The number of hydrogen-bond donors (Lipinski definition) is 1. The largest absolute Gasteiger partial charge is 0.366 e. The van der Waals surface area contributed by atoms with Crippen LogP contribution in [0.2, 0.25) is 0 Å². The molecule has 5 nitrogen and oxygen atoms in total. The Bertz CT molecular complexity index is 320. The molecular weight excluding hydrogens is 242 g/mol. The molecule has 0 unspecified atom stereocenters. The fourth-order valence-electron chi connectivity index (χ4n) is 3.12. The monoisotopic (exact) mass is 269 g/mol. The molecule has 2 rings (SSSR count). The van der Waals surface area contributed by atoms with Gasteiger partial charge in [0.15, 0.2) is 0 Å². The molecule has 0 atom stereocenters. The summed E-state index contributed by atoms with van der Waals surface area (Å²) in [5.74, 6) is 0.228. The molecule has 0 aromatic heterocycles. The standard InChI is InChI=1S/C14H27N3O2/c1-13(2)10-17(11-14(3,4)19-13)12(18)9-16-7-5-15-6-8-16/h15H,5-11H2,1-4H3. The Kier molecular flexibility index (Phi) is 4.18. The Balaban J connectivity index is 1.94. The highest BCUT2D eigenvalue weighted by Gasteiger charge is 2.40. The van der Waals surface area contributed by atoms with Gasteiger partial charge in [0.25, 0.3) is 0 Å². The van der Waals surface area contributed by atoms with Gasteiger partial charge in [-0.2, -0.15) is 0 Å². The van der Waals surface area contributed by atoms with Gasteiger partial charge in [0, 0.05) is 39.3 Å². The second-order valence-corrected chi connectivity index (χ2v) is 6.90. The van der Waals surface area contributed by atoms with Crippen LogP contribution in [-0.2, 0) is 9.53 Å². The van der Waals surface area contributed by atoms with E-state index in [0.717, 1.165) is 26.2 Å². The third kappa shape index (κ3) is 4.16. The topological polar surface area (TPSA) is 44.8 Å². The highest BCUT2D eigenvalue weighted by Crippen LogP contribution is 2.28. The van der Waals surface area contributed by atoms with Crippen LogP contribution in [-0.4, -0.2) is 72.7 Å². The first-order chi connectivity index (χ1) is 8.77. The normalized spacial score (nSPS) is 27.3. The minimum absolute atomic E-state index is 0.228. The van der Waals surface area contributed by atoms with Crippen LogP contribution in [0.1, 0.15) is 27.7 Å². The Morgan fingerprint density at radius 1 is 1.11 bits per heavy atom. The Morgan fingerprint density at radius 2 is 1.63 bits per heavy atom. The van der Waals surface area contributed by atoms with Gasteiger partial charge < -0.3 is 15.0 Å². The highest BCUT2D eigenvalue weighted by molar-refractivity contribution is 5.78. The molecule has 2 aliphatic rings. The lowest BCUT2D eigenvalue weighted by Gasteiger charge is -2.47. The van der Waals surface area contributed by atoms with Crippen LogP contribution in [0.15, 0.2) is 0 Å². The summed E-state index contributed by atoms with van der Waals surface area (Å²) in [5, 5.41) is 3.31. The van der Waals surface area contributed by atoms with E-state index in [0.29, 0.717) is 19.6 Å². The van der Waals surface area contributed by atoms with E-state index < -0.39 is 0 Å². The van der Waals surface area contributed by atoms with E-state index in [-0.39, 0.29) is 17.1 Å². The lowest BCUT2D eigenvalue weighted by molar-refractivity contribution is -0.188. The van der Waals surface area contributed by atoms with E-state index >= 15 is 0 Å². The van der Waals surface area contributed by atoms with Crippen LogP contribution in [0.3, 0.4) is 0 Å². The van der Waals surface area contributed by atoms with Crippen molar-refractivity contribution in [2.75, 3.05) is 45.8 Å². The van der Waals surface area contributed by atoms with Crippen LogP contribution in [0, 0.1) is 0 Å². The number of nitrogens with one attached hydrogen (secondary N) is 1. The zero-order chi connectivity index (χ0) is 14.1. The average Bonchev–Trinajstić information content (AvgIpc) is 2.26. The summed E-state index contributed by atoms with van der Waals surface area (Å²) in [6.07, 6.45) is 0. The van der Waals surface area contributed by atoms with E-state index in [1.807, 2.05) is 4.90 Å². The molecule has 19 heavy (non-hydrogen) atoms. The maximum atomic E-state index is 12.5. The Labute approximate surface area is 116 Å². The van der Waals surface area contributed by atoms with Crippen molar-refractivity contribution in [3.05, 3.63) is 0 Å². The van der Waals surface area contributed by atoms with Gasteiger partial charge in [0.1, 0.15) is 0 Å². The summed E-state index contributed by atoms with van der Waals surface area (Å²) in [4.78, 5) is 16.6. The zero-order valence-corrected chi connectivity index (χ0v) is 12.7. The van der Waals surface area contributed by atoms with Crippen molar-refractivity contribution in [3.8, 4) is 0 Å². The molecule has 0 aliphatic carbocycles. The third-order valence-corrected chi connectivity index (χ3v) is 3.62. The molecule has 0 spiro atoms. The van der Waals surface area contributed by atoms with Crippen LogP contribution < -0.4 is 5.32 Å². The molecule has 2 fully saturated rings. The Morgan fingerprint density at radius 3 is 2.16 bits per heavy atom. The smallest absolute Gasteiger partial charge is 0.236 e. The minimum Gasteiger partial charge on any atom is -0.366 e. The summed E-state index contributed by atoms with van der Waals surface area (Å²) in [5.41, 5.74) is -0.526. The lowest BCUT2D eigenvalue weighted by Crippen LogP contribution is -2.60. The van der Waals surface area contributed by atoms with E-state index in [4.69, 9.17) is 4.74 Å². The molecule has 0 radical (unpaired) electrons. The minimum atomic E-state index is -0.263. The van der Waals surface area contributed by atoms with Crippen LogP contribution in [0.4, 0.5) is 0 Å². The second-order valence-electron chi connectivity index (χ2n) is 6.90. The van der Waals surface area contributed by atoms with E-state index in [1.54, 1.807) is 0 Å². The number of nitrogens with zero attached hydrogens (tertiary/aromatic N) is 2. The number of rotatable bonds is 2. The van der Waals surface area contributed by atoms with Gasteiger partial charge in [0.2, 0.25) is 5.91 Å². The quantitative estimate of drug-likeness (QED) is 0.783. The molecule has 0 aromatic carbocycles. The second kappa shape index (κ2) is 5.38. The van der Waals surface area contributed by atoms with Crippen molar-refractivity contribution in [2.45, 2.75) is 38.9 Å². The molecule has 2 aliphatic heterocycles. The highest BCUT2D eigenvalue weighted by atomic mass is 16.5. The molecular formula is C14H27N3O2. The summed E-state index contributed by atoms with van der Waals surface area (Å²) in [6, 6.07) is 0. The van der Waals surface area contributed by atoms with Crippen LogP contribution in [0.25, 0.3) is 0 Å². The van der Waals surface area contributed by atoms with E-state index in [2.05, 4.69) is 37.9 Å². The number of amides is 1. The number of carbonyl (C=O) groups excluding carboxylic acids is 1. The summed E-state index contributed by atoms with van der Waals surface area (Å²) < 4.78 is 6.01. The molecule has 5 heteroatoms. The van der Waals surface area contributed by atoms with Gasteiger partial charge >= 0.3 is 0 Å². The van der Waals surface area contributed by atoms with Crippen molar-refractivity contribution in [1.82, 2.24) is 15.1 Å². The number of piperazine rings is 1. The van der Waals surface area contributed by atoms with E-state index in [1.165, 1.54) is 0 Å². The number of morpholine rings is 1. The first-order valence-electron chi connectivity index (χ1n) is 7.18. The van der Waals surface area contributed by atoms with Gasteiger partial charge in [-0.15, -0.1) is 0 Å². The van der Waals surface area contributed by atoms with Crippen molar-refractivity contribution in [1.29, 1.82) is 0 Å². The molecule has 2 heterocycles. The average molecular weight is 269 g/mol. The number of ether oxygens (including phenoxy) is 1. The van der Waals surface area contributed by atoms with Crippen molar-refractivity contribution < 1.29 is 9.53 Å². The first kappa shape index (κ1) is 14.8. The van der Waals surface area contributed by atoms with Gasteiger partial charge in [-0.1, -0.05) is 0 Å². The molecule has 1 N–H and O–H groups in total. The van der Waals surface area contributed by atoms with Crippen molar-refractivity contribution in [2.24, 2.45) is 0 Å². The fraction of sp³-hybridized carbons (Fsp3) is 0.929. The van der Waals surface area contributed by atoms with Gasteiger partial charge in [0.05, 0.1) is 17.7 Å². The molecule has 0 aromatic rings. The first-order valence-corrected chi connectivity index (χ1v) is 7.18. The third-order valence-electron chi connectivity index (χ3n) is 3.62. The predicted octanol–water partition coefficient (Wildman–Crippen LogP) is 0.308. The molecule has 1 amide bonds. The molecule has 2 saturated heterocycles. The van der Waals surface area contributed by atoms with Crippen molar-refractivity contribution in [3.63, 3.8) is 0 Å². The maximum Gasteiger partial charge on any atom is 0.236 e. The van der Waals surface area contributed by atoms with Gasteiger partial charge in [-0.05, 0) is 27.7 Å². The van der Waals surface area contributed by atoms with Gasteiger partial charge in [-0.25, -0.2) is 0 Å². The van der Waals surface area contributed by atoms with Gasteiger partial charge in [-0.3, -0.25) is 9.69 Å². The number of carbonyl (C=O) groups is 1. The maximum absolute atomic E-state index is 12.5. The van der Waals surface area contributed by atoms with Crippen LogP contribution in [0.5, 0.6) is 0 Å². The van der Waals surface area contributed by atoms with Crippen molar-refractivity contribution >= 4 is 5.91 Å². The SMILES string of the molecule is CC1(C)CN(C(=O)CN2CCNCC2)CC(C)(C)O1. The summed E-state index contributed by atoms with van der Waals surface area (Å²) in [6.45, 7) is 14.0. The summed E-state index contributed by atoms with van der Waals surface area (Å²) >= 11 is 0.